The van der Waals surface area contributed by atoms with Crippen molar-refractivity contribution in [3.63, 3.8) is 0 Å². The fraction of sp³-hybridized carbons (Fsp3) is 0.333. The summed E-state index contributed by atoms with van der Waals surface area (Å²) in [6.07, 6.45) is 3.33. The van der Waals surface area contributed by atoms with Crippen molar-refractivity contribution in [3.8, 4) is 11.5 Å². The van der Waals surface area contributed by atoms with Gasteiger partial charge in [0, 0.05) is 37.1 Å². The Kier molecular flexibility index (Phi) is 5.68. The van der Waals surface area contributed by atoms with Gasteiger partial charge in [-0.15, -0.1) is 0 Å². The third-order valence-corrected chi connectivity index (χ3v) is 5.43. The fourth-order valence-electron chi connectivity index (χ4n) is 4.16. The average molecular weight is 377 g/mol. The van der Waals surface area contributed by atoms with Gasteiger partial charge in [0.1, 0.15) is 11.5 Å². The molecule has 0 fully saturated rings. The highest BCUT2D eigenvalue weighted by Gasteiger charge is 2.28. The van der Waals surface area contributed by atoms with Gasteiger partial charge < -0.3 is 14.0 Å². The maximum atomic E-state index is 5.64. The van der Waals surface area contributed by atoms with E-state index in [0.29, 0.717) is 6.61 Å². The maximum Gasteiger partial charge on any atom is 0.123 e. The smallest absolute Gasteiger partial charge is 0.123 e. The van der Waals surface area contributed by atoms with Gasteiger partial charge in [-0.05, 0) is 49.2 Å². The molecule has 28 heavy (non-hydrogen) atoms. The monoisotopic (exact) mass is 376 g/mol. The first-order valence-electron chi connectivity index (χ1n) is 10.0. The molecule has 0 amide bonds. The second kappa shape index (κ2) is 8.53. The topological polar surface area (TPSA) is 26.6 Å². The molecule has 1 aliphatic rings. The average Bonchev–Trinajstić information content (AvgIpc) is 3.11. The van der Waals surface area contributed by atoms with Crippen LogP contribution in [0.25, 0.3) is 0 Å². The van der Waals surface area contributed by atoms with E-state index in [1.807, 2.05) is 19.1 Å². The molecule has 4 rings (SSSR count). The first-order chi connectivity index (χ1) is 13.8. The molecule has 2 aromatic carbocycles. The van der Waals surface area contributed by atoms with Crippen LogP contribution in [-0.2, 0) is 13.1 Å². The van der Waals surface area contributed by atoms with E-state index >= 15 is 0 Å². The van der Waals surface area contributed by atoms with Gasteiger partial charge in [0.15, 0.2) is 0 Å². The summed E-state index contributed by atoms with van der Waals surface area (Å²) in [5.41, 5.74) is 3.86. The molecule has 0 spiro atoms. The number of fused-ring (bicyclic) bond motifs is 1. The van der Waals surface area contributed by atoms with Crippen LogP contribution in [0, 0.1) is 0 Å². The zero-order valence-corrected chi connectivity index (χ0v) is 16.7. The van der Waals surface area contributed by atoms with Gasteiger partial charge in [-0.3, -0.25) is 4.90 Å². The first kappa shape index (κ1) is 18.6. The fourth-order valence-corrected chi connectivity index (χ4v) is 4.16. The molecule has 0 saturated carbocycles. The van der Waals surface area contributed by atoms with Crippen molar-refractivity contribution < 1.29 is 9.47 Å². The molecule has 4 nitrogen and oxygen atoms in total. The van der Waals surface area contributed by atoms with Crippen molar-refractivity contribution in [2.45, 2.75) is 32.5 Å². The number of aryl methyl sites for hydroxylation is 1. The molecule has 4 heteroatoms. The van der Waals surface area contributed by atoms with Crippen LogP contribution in [0.15, 0.2) is 66.9 Å². The SMILES string of the molecule is CCOc1ccc(C2c3cccn3CCCN2Cc2ccccc2OC)cc1. The third-order valence-electron chi connectivity index (χ3n) is 5.43. The number of aromatic nitrogens is 1. The van der Waals surface area contributed by atoms with Gasteiger partial charge in [-0.1, -0.05) is 30.3 Å². The van der Waals surface area contributed by atoms with Crippen LogP contribution in [0.4, 0.5) is 0 Å². The molecule has 0 bridgehead atoms. The molecule has 1 unspecified atom stereocenters. The Morgan fingerprint density at radius 3 is 2.57 bits per heavy atom. The first-order valence-corrected chi connectivity index (χ1v) is 10.0. The molecule has 0 saturated heterocycles. The number of para-hydroxylation sites is 1. The van der Waals surface area contributed by atoms with Crippen molar-refractivity contribution in [2.24, 2.45) is 0 Å². The van der Waals surface area contributed by atoms with E-state index < -0.39 is 0 Å². The lowest BCUT2D eigenvalue weighted by Crippen LogP contribution is -2.29. The molecule has 146 valence electrons. The molecule has 0 aliphatic carbocycles. The largest absolute Gasteiger partial charge is 0.496 e. The highest BCUT2D eigenvalue weighted by atomic mass is 16.5. The summed E-state index contributed by atoms with van der Waals surface area (Å²) in [5.74, 6) is 1.87. The zero-order chi connectivity index (χ0) is 19.3. The molecule has 1 aromatic heterocycles. The second-order valence-electron chi connectivity index (χ2n) is 7.17. The van der Waals surface area contributed by atoms with Crippen molar-refractivity contribution in [3.05, 3.63) is 83.7 Å². The van der Waals surface area contributed by atoms with Gasteiger partial charge in [-0.2, -0.15) is 0 Å². The quantitative estimate of drug-likeness (QED) is 0.613. The summed E-state index contributed by atoms with van der Waals surface area (Å²) in [5, 5.41) is 0. The molecular weight excluding hydrogens is 348 g/mol. The second-order valence-corrected chi connectivity index (χ2v) is 7.17. The van der Waals surface area contributed by atoms with Crippen LogP contribution in [-0.4, -0.2) is 29.7 Å². The van der Waals surface area contributed by atoms with E-state index in [1.165, 1.54) is 16.8 Å². The van der Waals surface area contributed by atoms with Gasteiger partial charge in [0.25, 0.3) is 0 Å². The summed E-state index contributed by atoms with van der Waals surface area (Å²) in [6, 6.07) is 21.5. The maximum absolute atomic E-state index is 5.64. The number of hydrogen-bond acceptors (Lipinski definition) is 3. The summed E-state index contributed by atoms with van der Waals surface area (Å²) in [4.78, 5) is 2.56. The van der Waals surface area contributed by atoms with E-state index in [9.17, 15) is 0 Å². The number of nitrogens with zero attached hydrogens (tertiary/aromatic N) is 2. The van der Waals surface area contributed by atoms with E-state index in [0.717, 1.165) is 37.6 Å². The predicted octanol–water partition coefficient (Wildman–Crippen LogP) is 4.89. The van der Waals surface area contributed by atoms with Crippen LogP contribution in [0.3, 0.4) is 0 Å². The lowest BCUT2D eigenvalue weighted by Gasteiger charge is -2.31. The minimum absolute atomic E-state index is 0.207. The van der Waals surface area contributed by atoms with Crippen molar-refractivity contribution in [1.29, 1.82) is 0 Å². The Bertz CT molecular complexity index is 901. The number of hydrogen-bond donors (Lipinski definition) is 0. The Morgan fingerprint density at radius 2 is 1.79 bits per heavy atom. The lowest BCUT2D eigenvalue weighted by atomic mass is 10.0. The van der Waals surface area contributed by atoms with Gasteiger partial charge in [0.05, 0.1) is 19.8 Å². The summed E-state index contributed by atoms with van der Waals surface area (Å²) in [7, 11) is 1.75. The third kappa shape index (κ3) is 3.78. The highest BCUT2D eigenvalue weighted by molar-refractivity contribution is 5.36. The number of methoxy groups -OCH3 is 1. The lowest BCUT2D eigenvalue weighted by molar-refractivity contribution is 0.217. The Labute approximate surface area is 167 Å². The molecule has 0 N–H and O–H groups in total. The van der Waals surface area contributed by atoms with Crippen LogP contribution >= 0.6 is 0 Å². The standard InChI is InChI=1S/C24H28N2O2/c1-3-28-21-13-11-19(12-14-21)24-22-9-6-15-25(22)16-7-17-26(24)18-20-8-4-5-10-23(20)27-2/h4-6,8-15,24H,3,7,16-18H2,1-2H3. The van der Waals surface area contributed by atoms with Crippen molar-refractivity contribution >= 4 is 0 Å². The van der Waals surface area contributed by atoms with E-state index in [2.05, 4.69) is 64.2 Å². The molecule has 0 radical (unpaired) electrons. The Morgan fingerprint density at radius 1 is 0.964 bits per heavy atom. The molecule has 1 aliphatic heterocycles. The van der Waals surface area contributed by atoms with Gasteiger partial charge in [-0.25, -0.2) is 0 Å². The van der Waals surface area contributed by atoms with E-state index in [1.54, 1.807) is 7.11 Å². The van der Waals surface area contributed by atoms with E-state index in [-0.39, 0.29) is 6.04 Å². The Hall–Kier alpha value is -2.72. The van der Waals surface area contributed by atoms with Crippen LogP contribution < -0.4 is 9.47 Å². The molecule has 1 atom stereocenters. The normalized spacial score (nSPS) is 17.0. The van der Waals surface area contributed by atoms with Crippen LogP contribution in [0.5, 0.6) is 11.5 Å². The highest BCUT2D eigenvalue weighted by Crippen LogP contribution is 2.35. The van der Waals surface area contributed by atoms with Gasteiger partial charge in [0.2, 0.25) is 0 Å². The summed E-state index contributed by atoms with van der Waals surface area (Å²) >= 11 is 0. The van der Waals surface area contributed by atoms with Crippen molar-refractivity contribution in [1.82, 2.24) is 9.47 Å². The Balaban J connectivity index is 1.71. The number of benzene rings is 2. The minimum Gasteiger partial charge on any atom is -0.496 e. The minimum atomic E-state index is 0.207. The van der Waals surface area contributed by atoms with Gasteiger partial charge >= 0.3 is 0 Å². The van der Waals surface area contributed by atoms with Crippen molar-refractivity contribution in [2.75, 3.05) is 20.3 Å². The van der Waals surface area contributed by atoms with Crippen LogP contribution in [0.2, 0.25) is 0 Å². The summed E-state index contributed by atoms with van der Waals surface area (Å²) < 4.78 is 13.6. The number of ether oxygens (including phenoxy) is 2. The van der Waals surface area contributed by atoms with E-state index in [4.69, 9.17) is 9.47 Å². The zero-order valence-electron chi connectivity index (χ0n) is 16.7. The molecular formula is C24H28N2O2. The molecule has 3 aromatic rings. The summed E-state index contributed by atoms with van der Waals surface area (Å²) in [6.45, 7) is 5.65. The van der Waals surface area contributed by atoms with Crippen LogP contribution in [0.1, 0.15) is 36.2 Å². The molecule has 2 heterocycles. The number of rotatable bonds is 6. The predicted molar refractivity (Wildman–Crippen MR) is 112 cm³/mol.